The summed E-state index contributed by atoms with van der Waals surface area (Å²) in [7, 11) is 0. The van der Waals surface area contributed by atoms with Gasteiger partial charge in [-0.3, -0.25) is 4.79 Å². The Labute approximate surface area is 170 Å². The molecule has 2 aromatic rings. The maximum absolute atomic E-state index is 12.4. The zero-order chi connectivity index (χ0) is 21.3. The number of hydrogen-bond donors (Lipinski definition) is 1. The van der Waals surface area contributed by atoms with E-state index in [0.717, 1.165) is 11.1 Å². The average molecular weight is 379 g/mol. The highest BCUT2D eigenvalue weighted by Gasteiger charge is 2.26. The molecule has 0 saturated heterocycles. The molecule has 0 saturated carbocycles. The fourth-order valence-electron chi connectivity index (χ4n) is 3.54. The minimum Gasteiger partial charge on any atom is -0.512 e. The minimum atomic E-state index is -0.287. The molecule has 0 fully saturated rings. The molecule has 2 heteroatoms. The maximum Gasteiger partial charge on any atom is 0.160 e. The fourth-order valence-corrected chi connectivity index (χ4v) is 3.54. The molecule has 2 aromatic carbocycles. The van der Waals surface area contributed by atoms with Gasteiger partial charge in [-0.15, -0.1) is 0 Å². The molecule has 0 aromatic heterocycles. The number of aliphatic hydroxyl groups is 1. The first-order valence-electron chi connectivity index (χ1n) is 9.94. The first-order valence-corrected chi connectivity index (χ1v) is 9.94. The number of rotatable bonds is 4. The molecule has 2 nitrogen and oxygen atoms in total. The SMILES string of the molecule is CC(=O)/C(=C(/C)O)C(c1ccc(C(C)(C)C)cc1)c1ccc(C(C)(C)C)cc1. The number of aliphatic hydroxyl groups excluding tert-OH is 1. The first-order chi connectivity index (χ1) is 12.8. The summed E-state index contributed by atoms with van der Waals surface area (Å²) in [5, 5.41) is 10.3. The van der Waals surface area contributed by atoms with Gasteiger partial charge in [-0.25, -0.2) is 0 Å². The number of carbonyl (C=O) groups excluding carboxylic acids is 1. The molecule has 0 amide bonds. The molecule has 0 bridgehead atoms. The zero-order valence-corrected chi connectivity index (χ0v) is 18.6. The third-order valence-electron chi connectivity index (χ3n) is 5.28. The van der Waals surface area contributed by atoms with Gasteiger partial charge in [0.2, 0.25) is 0 Å². The number of carbonyl (C=O) groups is 1. The largest absolute Gasteiger partial charge is 0.512 e. The molecule has 0 aliphatic carbocycles. The van der Waals surface area contributed by atoms with E-state index in [-0.39, 0.29) is 28.3 Å². The van der Waals surface area contributed by atoms with Gasteiger partial charge in [0.25, 0.3) is 0 Å². The number of ketones is 1. The zero-order valence-electron chi connectivity index (χ0n) is 18.6. The Morgan fingerprint density at radius 2 is 1.04 bits per heavy atom. The van der Waals surface area contributed by atoms with Gasteiger partial charge in [-0.2, -0.15) is 0 Å². The lowest BCUT2D eigenvalue weighted by Gasteiger charge is -2.25. The van der Waals surface area contributed by atoms with Crippen molar-refractivity contribution in [2.75, 3.05) is 0 Å². The van der Waals surface area contributed by atoms with Crippen LogP contribution < -0.4 is 0 Å². The summed E-state index contributed by atoms with van der Waals surface area (Å²) < 4.78 is 0. The molecule has 150 valence electrons. The normalized spacial score (nSPS) is 13.5. The summed E-state index contributed by atoms with van der Waals surface area (Å²) in [6.07, 6.45) is 0. The van der Waals surface area contributed by atoms with Crippen molar-refractivity contribution >= 4 is 5.78 Å². The Balaban J connectivity index is 2.61. The van der Waals surface area contributed by atoms with Gasteiger partial charge in [0.1, 0.15) is 0 Å². The standard InChI is InChI=1S/C26H34O2/c1-17(27)23(18(2)28)24(19-9-13-21(14-10-19)25(3,4)5)20-11-15-22(16-12-20)26(6,7)8/h9-16,24,27H,1-8H3/b23-17+. The highest BCUT2D eigenvalue weighted by atomic mass is 16.3. The summed E-state index contributed by atoms with van der Waals surface area (Å²) in [5.41, 5.74) is 5.08. The highest BCUT2D eigenvalue weighted by Crippen LogP contribution is 2.36. The molecule has 1 N–H and O–H groups in total. The van der Waals surface area contributed by atoms with Crippen molar-refractivity contribution < 1.29 is 9.90 Å². The second-order valence-corrected chi connectivity index (χ2v) is 9.73. The van der Waals surface area contributed by atoms with Crippen LogP contribution in [-0.4, -0.2) is 10.9 Å². The van der Waals surface area contributed by atoms with Crippen LogP contribution in [0.1, 0.15) is 83.6 Å². The van der Waals surface area contributed by atoms with E-state index in [0.29, 0.717) is 5.57 Å². The summed E-state index contributed by atoms with van der Waals surface area (Å²) >= 11 is 0. The van der Waals surface area contributed by atoms with Gasteiger partial charge in [0.05, 0.1) is 5.76 Å². The van der Waals surface area contributed by atoms with Crippen molar-refractivity contribution in [3.8, 4) is 0 Å². The van der Waals surface area contributed by atoms with Crippen LogP contribution in [0.25, 0.3) is 0 Å². The Kier molecular flexibility index (Phi) is 6.23. The second kappa shape index (κ2) is 7.95. The number of allylic oxidation sites excluding steroid dienone is 2. The van der Waals surface area contributed by atoms with Crippen LogP contribution in [0.15, 0.2) is 59.9 Å². The lowest BCUT2D eigenvalue weighted by molar-refractivity contribution is -0.114. The molecule has 0 radical (unpaired) electrons. The molecule has 0 heterocycles. The van der Waals surface area contributed by atoms with Crippen LogP contribution in [0.5, 0.6) is 0 Å². The quantitative estimate of drug-likeness (QED) is 0.467. The van der Waals surface area contributed by atoms with Crippen LogP contribution in [0, 0.1) is 0 Å². The van der Waals surface area contributed by atoms with Crippen molar-refractivity contribution in [3.63, 3.8) is 0 Å². The average Bonchev–Trinajstić information content (AvgIpc) is 2.57. The number of benzene rings is 2. The molecule has 0 aliphatic rings. The Morgan fingerprint density at radius 1 is 0.714 bits per heavy atom. The smallest absolute Gasteiger partial charge is 0.160 e. The lowest BCUT2D eigenvalue weighted by Crippen LogP contribution is -2.16. The monoisotopic (exact) mass is 378 g/mol. The number of hydrogen-bond acceptors (Lipinski definition) is 2. The Bertz CT molecular complexity index is 793. The molecule has 0 aliphatic heterocycles. The Morgan fingerprint density at radius 3 is 1.25 bits per heavy atom. The molecular weight excluding hydrogens is 344 g/mol. The van der Waals surface area contributed by atoms with E-state index in [1.165, 1.54) is 18.1 Å². The number of Topliss-reactive ketones (excluding diaryl/α,β-unsaturated/α-hetero) is 1. The lowest BCUT2D eigenvalue weighted by atomic mass is 9.79. The molecule has 0 spiro atoms. The van der Waals surface area contributed by atoms with E-state index in [1.54, 1.807) is 6.92 Å². The summed E-state index contributed by atoms with van der Waals surface area (Å²) in [6.45, 7) is 16.2. The molecule has 0 atom stereocenters. The van der Waals surface area contributed by atoms with Gasteiger partial charge in [0.15, 0.2) is 5.78 Å². The van der Waals surface area contributed by atoms with Crippen LogP contribution >= 0.6 is 0 Å². The van der Waals surface area contributed by atoms with Crippen LogP contribution in [0.3, 0.4) is 0 Å². The van der Waals surface area contributed by atoms with E-state index in [9.17, 15) is 9.90 Å². The molecular formula is C26H34O2. The first kappa shape index (κ1) is 21.9. The van der Waals surface area contributed by atoms with E-state index in [1.807, 2.05) is 0 Å². The molecule has 2 rings (SSSR count). The predicted molar refractivity (Wildman–Crippen MR) is 118 cm³/mol. The predicted octanol–water partition coefficient (Wildman–Crippen LogP) is 6.83. The topological polar surface area (TPSA) is 37.3 Å². The summed E-state index contributed by atoms with van der Waals surface area (Å²) in [4.78, 5) is 12.4. The van der Waals surface area contributed by atoms with Gasteiger partial charge >= 0.3 is 0 Å². The van der Waals surface area contributed by atoms with Gasteiger partial charge in [-0.05, 0) is 46.9 Å². The van der Waals surface area contributed by atoms with Gasteiger partial charge < -0.3 is 5.11 Å². The van der Waals surface area contributed by atoms with E-state index >= 15 is 0 Å². The van der Waals surface area contributed by atoms with Crippen LogP contribution in [0.2, 0.25) is 0 Å². The fraction of sp³-hybridized carbons (Fsp3) is 0.423. The molecule has 28 heavy (non-hydrogen) atoms. The third kappa shape index (κ3) is 4.92. The summed E-state index contributed by atoms with van der Waals surface area (Å²) in [6, 6.07) is 16.8. The second-order valence-electron chi connectivity index (χ2n) is 9.73. The van der Waals surface area contributed by atoms with E-state index in [4.69, 9.17) is 0 Å². The Hall–Kier alpha value is -2.35. The van der Waals surface area contributed by atoms with E-state index in [2.05, 4.69) is 90.1 Å². The van der Waals surface area contributed by atoms with Crippen LogP contribution in [-0.2, 0) is 15.6 Å². The van der Waals surface area contributed by atoms with E-state index < -0.39 is 0 Å². The highest BCUT2D eigenvalue weighted by molar-refractivity contribution is 5.96. The van der Waals surface area contributed by atoms with Crippen molar-refractivity contribution in [1.29, 1.82) is 0 Å². The minimum absolute atomic E-state index is 0.0640. The van der Waals surface area contributed by atoms with Crippen molar-refractivity contribution in [3.05, 3.63) is 82.1 Å². The maximum atomic E-state index is 12.4. The molecule has 0 unspecified atom stereocenters. The van der Waals surface area contributed by atoms with Crippen LogP contribution in [0.4, 0.5) is 0 Å². The van der Waals surface area contributed by atoms with Gasteiger partial charge in [-0.1, -0.05) is 90.1 Å². The van der Waals surface area contributed by atoms with Crippen molar-refractivity contribution in [2.45, 2.75) is 72.1 Å². The summed E-state index contributed by atoms with van der Waals surface area (Å²) in [5.74, 6) is -0.312. The van der Waals surface area contributed by atoms with Crippen molar-refractivity contribution in [2.24, 2.45) is 0 Å². The van der Waals surface area contributed by atoms with Gasteiger partial charge in [0, 0.05) is 11.5 Å². The van der Waals surface area contributed by atoms with Crippen molar-refractivity contribution in [1.82, 2.24) is 0 Å². The third-order valence-corrected chi connectivity index (χ3v) is 5.28.